The minimum Gasteiger partial charge on any atom is -0.491 e. The summed E-state index contributed by atoms with van der Waals surface area (Å²) in [6.07, 6.45) is 0.0323. The minimum absolute atomic E-state index is 0.161. The van der Waals surface area contributed by atoms with Crippen LogP contribution in [0.15, 0.2) is 48.5 Å². The maximum absolute atomic E-state index is 12.5. The predicted molar refractivity (Wildman–Crippen MR) is 119 cm³/mol. The quantitative estimate of drug-likeness (QED) is 0.640. The fraction of sp³-hybridized carbons (Fsp3) is 0.417. The molecule has 2 rings (SSSR count). The molecule has 0 bridgehead atoms. The van der Waals surface area contributed by atoms with Crippen LogP contribution in [0.1, 0.15) is 42.3 Å². The van der Waals surface area contributed by atoms with Gasteiger partial charge in [-0.25, -0.2) is 9.86 Å². The lowest BCUT2D eigenvalue weighted by Crippen LogP contribution is -2.43. The van der Waals surface area contributed by atoms with Crippen molar-refractivity contribution >= 4 is 12.0 Å². The number of nitrogens with zero attached hydrogens (tertiary/aromatic N) is 1. The Labute approximate surface area is 184 Å². The Kier molecular flexibility index (Phi) is 8.45. The van der Waals surface area contributed by atoms with Gasteiger partial charge in [-0.2, -0.15) is 0 Å². The van der Waals surface area contributed by atoms with Gasteiger partial charge >= 0.3 is 6.09 Å². The fourth-order valence-electron chi connectivity index (χ4n) is 2.85. The molecule has 1 N–H and O–H groups in total. The van der Waals surface area contributed by atoms with E-state index in [1.54, 1.807) is 24.3 Å². The lowest BCUT2D eigenvalue weighted by atomic mass is 10.0. The van der Waals surface area contributed by atoms with Crippen molar-refractivity contribution in [3.05, 3.63) is 65.2 Å². The first-order valence-electron chi connectivity index (χ1n) is 10.2. The van der Waals surface area contributed by atoms with Crippen LogP contribution < -0.4 is 10.1 Å². The van der Waals surface area contributed by atoms with Crippen LogP contribution in [-0.2, 0) is 16.0 Å². The van der Waals surface area contributed by atoms with E-state index in [1.165, 1.54) is 14.2 Å². The summed E-state index contributed by atoms with van der Waals surface area (Å²) in [7, 11) is 2.95. The highest BCUT2D eigenvalue weighted by Gasteiger charge is 2.22. The number of hydrogen-bond donors (Lipinski definition) is 1. The number of ether oxygens (including phenoxy) is 2. The molecule has 0 heterocycles. The first-order valence-corrected chi connectivity index (χ1v) is 10.2. The number of aryl methyl sites for hydroxylation is 1. The van der Waals surface area contributed by atoms with Crippen molar-refractivity contribution in [1.82, 2.24) is 10.4 Å². The Bertz CT molecular complexity index is 874. The zero-order valence-electron chi connectivity index (χ0n) is 19.1. The molecule has 2 amide bonds. The van der Waals surface area contributed by atoms with Gasteiger partial charge in [0.05, 0.1) is 18.7 Å². The van der Waals surface area contributed by atoms with E-state index < -0.39 is 11.7 Å². The van der Waals surface area contributed by atoms with Crippen molar-refractivity contribution in [2.75, 3.05) is 20.8 Å². The first-order chi connectivity index (χ1) is 14.6. The Hall–Kier alpha value is -3.06. The van der Waals surface area contributed by atoms with E-state index in [9.17, 15) is 9.59 Å². The van der Waals surface area contributed by atoms with E-state index in [0.29, 0.717) is 17.7 Å². The molecule has 168 valence electrons. The number of benzene rings is 2. The number of alkyl carbamates (subject to hydrolysis) is 1. The van der Waals surface area contributed by atoms with Crippen LogP contribution in [-0.4, -0.2) is 49.5 Å². The van der Waals surface area contributed by atoms with Crippen molar-refractivity contribution < 1.29 is 23.9 Å². The van der Waals surface area contributed by atoms with Crippen LogP contribution in [0, 0.1) is 6.92 Å². The van der Waals surface area contributed by atoms with Crippen molar-refractivity contribution in [1.29, 1.82) is 0 Å². The van der Waals surface area contributed by atoms with Crippen molar-refractivity contribution in [2.24, 2.45) is 0 Å². The second kappa shape index (κ2) is 10.8. The van der Waals surface area contributed by atoms with Gasteiger partial charge < -0.3 is 14.8 Å². The van der Waals surface area contributed by atoms with E-state index in [0.717, 1.165) is 16.2 Å². The average Bonchev–Trinajstić information content (AvgIpc) is 2.71. The number of carbonyl (C=O) groups is 2. The molecular weight excluding hydrogens is 396 g/mol. The molecule has 0 aliphatic rings. The van der Waals surface area contributed by atoms with Crippen molar-refractivity contribution in [3.63, 3.8) is 0 Å². The molecular formula is C24H32N2O5. The third kappa shape index (κ3) is 7.94. The van der Waals surface area contributed by atoms with Crippen molar-refractivity contribution in [2.45, 2.75) is 45.8 Å². The highest BCUT2D eigenvalue weighted by molar-refractivity contribution is 5.96. The first kappa shape index (κ1) is 24.2. The number of carbonyl (C=O) groups excluding carboxylic acids is 2. The van der Waals surface area contributed by atoms with E-state index in [4.69, 9.17) is 14.3 Å². The molecule has 0 saturated carbocycles. The van der Waals surface area contributed by atoms with E-state index in [-0.39, 0.29) is 18.6 Å². The van der Waals surface area contributed by atoms with E-state index in [1.807, 2.05) is 52.0 Å². The van der Waals surface area contributed by atoms with Crippen LogP contribution in [0.5, 0.6) is 5.75 Å². The van der Waals surface area contributed by atoms with Gasteiger partial charge in [0.2, 0.25) is 0 Å². The summed E-state index contributed by atoms with van der Waals surface area (Å²) < 4.78 is 11.4. The SMILES string of the molecule is CON(C)C(=O)c1ccccc1OCC(Cc1ccc(C)cc1)NC(=O)OC(C)(C)C. The van der Waals surface area contributed by atoms with E-state index in [2.05, 4.69) is 5.32 Å². The van der Waals surface area contributed by atoms with Gasteiger partial charge in [-0.05, 0) is 51.8 Å². The molecule has 7 heteroatoms. The molecule has 31 heavy (non-hydrogen) atoms. The maximum Gasteiger partial charge on any atom is 0.408 e. The summed E-state index contributed by atoms with van der Waals surface area (Å²) in [6.45, 7) is 7.62. The molecule has 2 aromatic rings. The van der Waals surface area contributed by atoms with Gasteiger partial charge in [-0.1, -0.05) is 42.0 Å². The molecule has 2 aromatic carbocycles. The molecule has 0 saturated heterocycles. The summed E-state index contributed by atoms with van der Waals surface area (Å²) in [6, 6.07) is 14.7. The Morgan fingerprint density at radius 2 is 1.71 bits per heavy atom. The average molecular weight is 429 g/mol. The van der Waals surface area contributed by atoms with Crippen molar-refractivity contribution in [3.8, 4) is 5.75 Å². The maximum atomic E-state index is 12.5. The highest BCUT2D eigenvalue weighted by Crippen LogP contribution is 2.20. The van der Waals surface area contributed by atoms with Gasteiger partial charge in [-0.15, -0.1) is 0 Å². The predicted octanol–water partition coefficient (Wildman–Crippen LogP) is 4.14. The van der Waals surface area contributed by atoms with Crippen LogP contribution in [0.2, 0.25) is 0 Å². The second-order valence-electron chi connectivity index (χ2n) is 8.33. The number of hydrogen-bond acceptors (Lipinski definition) is 5. The minimum atomic E-state index is -0.608. The molecule has 0 fully saturated rings. The second-order valence-corrected chi connectivity index (χ2v) is 8.33. The van der Waals surface area contributed by atoms with Crippen LogP contribution in [0.4, 0.5) is 4.79 Å². The third-order valence-corrected chi connectivity index (χ3v) is 4.44. The normalized spacial score (nSPS) is 12.1. The van der Waals surface area contributed by atoms with Crippen LogP contribution in [0.25, 0.3) is 0 Å². The van der Waals surface area contributed by atoms with Gasteiger partial charge in [-0.3, -0.25) is 9.63 Å². The zero-order chi connectivity index (χ0) is 23.0. The molecule has 1 atom stereocenters. The number of hydroxylamine groups is 2. The Balaban J connectivity index is 2.16. The third-order valence-electron chi connectivity index (χ3n) is 4.44. The molecule has 7 nitrogen and oxygen atoms in total. The standard InChI is InChI=1S/C24H32N2O5/c1-17-11-13-18(14-12-17)15-19(25-23(28)31-24(2,3)4)16-30-21-10-8-7-9-20(21)22(27)26(5)29-6/h7-14,19H,15-16H2,1-6H3,(H,25,28). The van der Waals surface area contributed by atoms with Crippen LogP contribution >= 0.6 is 0 Å². The molecule has 0 aliphatic heterocycles. The summed E-state index contributed by atoms with van der Waals surface area (Å²) in [5.41, 5.74) is 1.98. The number of nitrogens with one attached hydrogen (secondary N) is 1. The van der Waals surface area contributed by atoms with Gasteiger partial charge in [0.25, 0.3) is 5.91 Å². The summed E-state index contributed by atoms with van der Waals surface area (Å²) in [4.78, 5) is 29.9. The monoisotopic (exact) mass is 428 g/mol. The summed E-state index contributed by atoms with van der Waals surface area (Å²) in [5, 5.41) is 4.01. The van der Waals surface area contributed by atoms with E-state index >= 15 is 0 Å². The molecule has 0 spiro atoms. The number of para-hydroxylation sites is 1. The fourth-order valence-corrected chi connectivity index (χ4v) is 2.85. The zero-order valence-corrected chi connectivity index (χ0v) is 19.1. The smallest absolute Gasteiger partial charge is 0.408 e. The Morgan fingerprint density at radius 1 is 1.06 bits per heavy atom. The lowest BCUT2D eigenvalue weighted by molar-refractivity contribution is -0.0758. The summed E-state index contributed by atoms with van der Waals surface area (Å²) in [5.74, 6) is 0.0876. The highest BCUT2D eigenvalue weighted by atomic mass is 16.7. The Morgan fingerprint density at radius 3 is 2.32 bits per heavy atom. The van der Waals surface area contributed by atoms with Crippen LogP contribution in [0.3, 0.4) is 0 Å². The molecule has 0 aliphatic carbocycles. The molecule has 1 unspecified atom stereocenters. The topological polar surface area (TPSA) is 77.1 Å². The van der Waals surface area contributed by atoms with Gasteiger partial charge in [0.1, 0.15) is 18.0 Å². The van der Waals surface area contributed by atoms with Gasteiger partial charge in [0.15, 0.2) is 0 Å². The number of amides is 2. The molecule has 0 aromatic heterocycles. The molecule has 0 radical (unpaired) electrons. The largest absolute Gasteiger partial charge is 0.491 e. The lowest BCUT2D eigenvalue weighted by Gasteiger charge is -2.24. The number of rotatable bonds is 8. The van der Waals surface area contributed by atoms with Gasteiger partial charge in [0, 0.05) is 7.05 Å². The summed E-state index contributed by atoms with van der Waals surface area (Å²) >= 11 is 0.